The van der Waals surface area contributed by atoms with Crippen LogP contribution in [-0.2, 0) is 11.3 Å². The van der Waals surface area contributed by atoms with E-state index in [1.165, 1.54) is 5.56 Å². The van der Waals surface area contributed by atoms with E-state index in [0.29, 0.717) is 24.6 Å². The predicted octanol–water partition coefficient (Wildman–Crippen LogP) is 2.31. The van der Waals surface area contributed by atoms with Gasteiger partial charge in [0.2, 0.25) is 0 Å². The Balaban J connectivity index is 1.48. The van der Waals surface area contributed by atoms with Gasteiger partial charge in [-0.1, -0.05) is 29.8 Å². The lowest BCUT2D eigenvalue weighted by molar-refractivity contribution is 0.0945. The molecule has 2 N–H and O–H groups in total. The third-order valence-corrected chi connectivity index (χ3v) is 4.01. The van der Waals surface area contributed by atoms with E-state index >= 15 is 0 Å². The first-order valence-electron chi connectivity index (χ1n) is 8.23. The van der Waals surface area contributed by atoms with Gasteiger partial charge in [0.05, 0.1) is 6.10 Å². The monoisotopic (exact) mass is 326 g/mol. The number of carbonyl (C=O) groups excluding carboxylic acids is 1. The van der Waals surface area contributed by atoms with Gasteiger partial charge in [0.25, 0.3) is 5.91 Å². The summed E-state index contributed by atoms with van der Waals surface area (Å²) in [4.78, 5) is 12.1. The first kappa shape index (κ1) is 16.4. The molecule has 0 saturated carbocycles. The van der Waals surface area contributed by atoms with Crippen LogP contribution in [0.3, 0.4) is 0 Å². The van der Waals surface area contributed by atoms with Crippen molar-refractivity contribution >= 4 is 11.7 Å². The molecular formula is C18H22N4O2. The molecule has 1 atom stereocenters. The van der Waals surface area contributed by atoms with Gasteiger partial charge in [-0.15, -0.1) is 10.2 Å². The van der Waals surface area contributed by atoms with E-state index in [4.69, 9.17) is 4.74 Å². The first-order valence-corrected chi connectivity index (χ1v) is 8.23. The third-order valence-electron chi connectivity index (χ3n) is 4.01. The van der Waals surface area contributed by atoms with Crippen LogP contribution in [0.5, 0.6) is 0 Å². The van der Waals surface area contributed by atoms with Crippen LogP contribution in [0.1, 0.15) is 34.5 Å². The number of aryl methyl sites for hydroxylation is 1. The Labute approximate surface area is 141 Å². The lowest BCUT2D eigenvalue weighted by atomic mass is 10.1. The Morgan fingerprint density at radius 3 is 2.71 bits per heavy atom. The summed E-state index contributed by atoms with van der Waals surface area (Å²) >= 11 is 0. The second-order valence-corrected chi connectivity index (χ2v) is 5.99. The maximum atomic E-state index is 12.1. The number of amides is 1. The minimum Gasteiger partial charge on any atom is -0.376 e. The molecule has 1 aromatic heterocycles. The molecule has 2 aromatic rings. The summed E-state index contributed by atoms with van der Waals surface area (Å²) < 4.78 is 5.54. The summed E-state index contributed by atoms with van der Waals surface area (Å²) in [5.41, 5.74) is 2.56. The maximum Gasteiger partial charge on any atom is 0.272 e. The summed E-state index contributed by atoms with van der Waals surface area (Å²) in [6.45, 7) is 4.05. The van der Waals surface area contributed by atoms with Gasteiger partial charge in [-0.2, -0.15) is 0 Å². The minimum atomic E-state index is -0.228. The Morgan fingerprint density at radius 2 is 2.04 bits per heavy atom. The Morgan fingerprint density at radius 1 is 1.21 bits per heavy atom. The number of hydrogen-bond donors (Lipinski definition) is 2. The normalized spacial score (nSPS) is 16.8. The highest BCUT2D eigenvalue weighted by atomic mass is 16.5. The molecule has 1 aliphatic heterocycles. The molecule has 6 heteroatoms. The quantitative estimate of drug-likeness (QED) is 0.852. The number of ether oxygens (including phenoxy) is 1. The van der Waals surface area contributed by atoms with Gasteiger partial charge < -0.3 is 15.4 Å². The number of hydrogen-bond acceptors (Lipinski definition) is 5. The van der Waals surface area contributed by atoms with Crippen LogP contribution in [0.15, 0.2) is 36.4 Å². The molecule has 3 rings (SSSR count). The van der Waals surface area contributed by atoms with Crippen molar-refractivity contribution in [2.75, 3.05) is 18.5 Å². The predicted molar refractivity (Wildman–Crippen MR) is 91.8 cm³/mol. The fourth-order valence-corrected chi connectivity index (χ4v) is 2.55. The average Bonchev–Trinajstić information content (AvgIpc) is 3.13. The molecule has 0 radical (unpaired) electrons. The smallest absolute Gasteiger partial charge is 0.272 e. The standard InChI is InChI=1S/C18H22N4O2/c1-13-4-6-14(7-5-13)11-20-18(23)16-8-9-17(22-21-16)19-12-15-3-2-10-24-15/h4-9,15H,2-3,10-12H2,1H3,(H,19,22)(H,20,23). The number of nitrogens with one attached hydrogen (secondary N) is 2. The van der Waals surface area contributed by atoms with Crippen LogP contribution >= 0.6 is 0 Å². The van der Waals surface area contributed by atoms with Crippen LogP contribution in [-0.4, -0.2) is 35.4 Å². The van der Waals surface area contributed by atoms with Crippen LogP contribution in [0.4, 0.5) is 5.82 Å². The number of benzene rings is 1. The largest absolute Gasteiger partial charge is 0.376 e. The highest BCUT2D eigenvalue weighted by Crippen LogP contribution is 2.12. The van der Waals surface area contributed by atoms with E-state index in [1.807, 2.05) is 31.2 Å². The molecule has 0 aliphatic carbocycles. The zero-order valence-corrected chi connectivity index (χ0v) is 13.8. The number of aromatic nitrogens is 2. The van der Waals surface area contributed by atoms with Crippen molar-refractivity contribution in [2.24, 2.45) is 0 Å². The van der Waals surface area contributed by atoms with Crippen molar-refractivity contribution in [3.63, 3.8) is 0 Å². The molecule has 1 aromatic carbocycles. The summed E-state index contributed by atoms with van der Waals surface area (Å²) in [6, 6.07) is 11.5. The lowest BCUT2D eigenvalue weighted by Crippen LogP contribution is -2.24. The Kier molecular flexibility index (Phi) is 5.38. The van der Waals surface area contributed by atoms with Crippen LogP contribution in [0.2, 0.25) is 0 Å². The Hall–Kier alpha value is -2.47. The molecule has 1 amide bonds. The third kappa shape index (κ3) is 4.52. The van der Waals surface area contributed by atoms with Crippen molar-refractivity contribution in [3.05, 3.63) is 53.2 Å². The molecule has 1 fully saturated rings. The fraction of sp³-hybridized carbons (Fsp3) is 0.389. The van der Waals surface area contributed by atoms with Crippen LogP contribution < -0.4 is 10.6 Å². The van der Waals surface area contributed by atoms with Gasteiger partial charge in [0.1, 0.15) is 5.82 Å². The van der Waals surface area contributed by atoms with E-state index in [1.54, 1.807) is 12.1 Å². The summed E-state index contributed by atoms with van der Waals surface area (Å²) in [5.74, 6) is 0.425. The van der Waals surface area contributed by atoms with Gasteiger partial charge in [-0.3, -0.25) is 4.79 Å². The molecular weight excluding hydrogens is 304 g/mol. The summed E-state index contributed by atoms with van der Waals surface area (Å²) in [5, 5.41) is 14.1. The van der Waals surface area contributed by atoms with E-state index in [9.17, 15) is 4.79 Å². The SMILES string of the molecule is Cc1ccc(CNC(=O)c2ccc(NCC3CCCO3)nn2)cc1. The average molecular weight is 326 g/mol. The molecule has 0 spiro atoms. The maximum absolute atomic E-state index is 12.1. The second kappa shape index (κ2) is 7.88. The van der Waals surface area contributed by atoms with Gasteiger partial charge in [-0.25, -0.2) is 0 Å². The van der Waals surface area contributed by atoms with Crippen molar-refractivity contribution < 1.29 is 9.53 Å². The van der Waals surface area contributed by atoms with E-state index in [2.05, 4.69) is 20.8 Å². The van der Waals surface area contributed by atoms with Crippen LogP contribution in [0.25, 0.3) is 0 Å². The highest BCUT2D eigenvalue weighted by molar-refractivity contribution is 5.92. The molecule has 126 valence electrons. The fourth-order valence-electron chi connectivity index (χ4n) is 2.55. The topological polar surface area (TPSA) is 76.1 Å². The lowest BCUT2D eigenvalue weighted by Gasteiger charge is -2.11. The second-order valence-electron chi connectivity index (χ2n) is 5.99. The molecule has 0 bridgehead atoms. The minimum absolute atomic E-state index is 0.228. The highest BCUT2D eigenvalue weighted by Gasteiger charge is 2.15. The number of nitrogens with zero attached hydrogens (tertiary/aromatic N) is 2. The molecule has 24 heavy (non-hydrogen) atoms. The van der Waals surface area contributed by atoms with Crippen molar-refractivity contribution in [3.8, 4) is 0 Å². The first-order chi connectivity index (χ1) is 11.7. The summed E-state index contributed by atoms with van der Waals surface area (Å²) in [7, 11) is 0. The number of anilines is 1. The van der Waals surface area contributed by atoms with Crippen molar-refractivity contribution in [1.29, 1.82) is 0 Å². The van der Waals surface area contributed by atoms with E-state index in [-0.39, 0.29) is 12.0 Å². The van der Waals surface area contributed by atoms with Crippen molar-refractivity contribution in [1.82, 2.24) is 15.5 Å². The zero-order chi connectivity index (χ0) is 16.8. The van der Waals surface area contributed by atoms with Gasteiger partial charge in [-0.05, 0) is 37.5 Å². The molecule has 1 saturated heterocycles. The number of carbonyl (C=O) groups is 1. The van der Waals surface area contributed by atoms with Gasteiger partial charge in [0.15, 0.2) is 5.69 Å². The molecule has 2 heterocycles. The molecule has 1 aliphatic rings. The number of rotatable bonds is 6. The zero-order valence-electron chi connectivity index (χ0n) is 13.8. The molecule has 1 unspecified atom stereocenters. The van der Waals surface area contributed by atoms with E-state index in [0.717, 1.165) is 25.0 Å². The van der Waals surface area contributed by atoms with Crippen molar-refractivity contribution in [2.45, 2.75) is 32.4 Å². The van der Waals surface area contributed by atoms with E-state index < -0.39 is 0 Å². The van der Waals surface area contributed by atoms with Gasteiger partial charge >= 0.3 is 0 Å². The van der Waals surface area contributed by atoms with Gasteiger partial charge in [0, 0.05) is 19.7 Å². The Bertz CT molecular complexity index is 664. The van der Waals surface area contributed by atoms with Crippen LogP contribution in [0, 0.1) is 6.92 Å². The molecule has 6 nitrogen and oxygen atoms in total. The summed E-state index contributed by atoms with van der Waals surface area (Å²) in [6.07, 6.45) is 2.42.